The second-order valence-electron chi connectivity index (χ2n) is 9.88. The number of rotatable bonds is 5. The van der Waals surface area contributed by atoms with E-state index < -0.39 is 12.3 Å². The zero-order valence-electron chi connectivity index (χ0n) is 20.1. The minimum absolute atomic E-state index is 0.0790. The van der Waals surface area contributed by atoms with Crippen molar-refractivity contribution in [3.8, 4) is 11.8 Å². The molecule has 3 aliphatic heterocycles. The average Bonchev–Trinajstić information content (AvgIpc) is 3.40. The van der Waals surface area contributed by atoms with E-state index in [4.69, 9.17) is 9.47 Å². The molecule has 2 unspecified atom stereocenters. The van der Waals surface area contributed by atoms with Crippen molar-refractivity contribution in [2.75, 3.05) is 51.4 Å². The summed E-state index contributed by atoms with van der Waals surface area (Å²) in [6.07, 6.45) is 1.77. The van der Waals surface area contributed by atoms with Gasteiger partial charge in [-0.05, 0) is 62.0 Å². The van der Waals surface area contributed by atoms with Gasteiger partial charge in [0.25, 0.3) is 0 Å². The summed E-state index contributed by atoms with van der Waals surface area (Å²) in [6.45, 7) is 6.35. The third kappa shape index (κ3) is 4.13. The van der Waals surface area contributed by atoms with Gasteiger partial charge in [-0.15, -0.1) is 0 Å². The highest BCUT2D eigenvalue weighted by atomic mass is 19.1. The molecule has 2 atom stereocenters. The van der Waals surface area contributed by atoms with E-state index >= 15 is 0 Å². The molecule has 10 heteroatoms. The van der Waals surface area contributed by atoms with Gasteiger partial charge in [-0.3, -0.25) is 4.90 Å². The largest absolute Gasteiger partial charge is 0.467 e. The number of fused-ring (bicyclic) bond motifs is 1. The number of aromatic nitrogens is 4. The molecule has 0 aliphatic carbocycles. The first-order chi connectivity index (χ1) is 17.0. The molecule has 2 aromatic heterocycles. The van der Waals surface area contributed by atoms with Gasteiger partial charge in [-0.25, -0.2) is 9.07 Å². The zero-order chi connectivity index (χ0) is 24.1. The molecule has 3 fully saturated rings. The van der Waals surface area contributed by atoms with Gasteiger partial charge in [0.15, 0.2) is 5.82 Å². The lowest BCUT2D eigenvalue weighted by atomic mass is 9.85. The number of piperidine rings is 1. The van der Waals surface area contributed by atoms with Crippen molar-refractivity contribution in [3.05, 3.63) is 35.5 Å². The van der Waals surface area contributed by atoms with Crippen LogP contribution in [0, 0.1) is 6.92 Å². The van der Waals surface area contributed by atoms with E-state index in [2.05, 4.69) is 39.0 Å². The number of ether oxygens (including phenoxy) is 2. The van der Waals surface area contributed by atoms with Crippen molar-refractivity contribution in [2.45, 2.75) is 44.0 Å². The molecule has 35 heavy (non-hydrogen) atoms. The third-order valence-electron chi connectivity index (χ3n) is 7.68. The predicted octanol–water partition coefficient (Wildman–Crippen LogP) is 2.23. The number of hydrogen-bond acceptors (Lipinski definition) is 8. The molecule has 0 bridgehead atoms. The van der Waals surface area contributed by atoms with Gasteiger partial charge < -0.3 is 19.5 Å². The topological polar surface area (TPSA) is 88.8 Å². The summed E-state index contributed by atoms with van der Waals surface area (Å²) in [5, 5.41) is 15.5. The van der Waals surface area contributed by atoms with Crippen LogP contribution in [0.2, 0.25) is 0 Å². The highest BCUT2D eigenvalue weighted by Crippen LogP contribution is 2.35. The Kier molecular flexibility index (Phi) is 5.82. The van der Waals surface area contributed by atoms with Gasteiger partial charge in [-0.2, -0.15) is 15.1 Å². The molecule has 186 valence electrons. The van der Waals surface area contributed by atoms with Gasteiger partial charge in [0.2, 0.25) is 0 Å². The summed E-state index contributed by atoms with van der Waals surface area (Å²) in [4.78, 5) is 13.2. The van der Waals surface area contributed by atoms with Gasteiger partial charge in [-0.1, -0.05) is 0 Å². The van der Waals surface area contributed by atoms with Crippen LogP contribution in [-0.4, -0.2) is 94.6 Å². The van der Waals surface area contributed by atoms with Crippen molar-refractivity contribution < 1.29 is 19.0 Å². The Morgan fingerprint density at radius 3 is 2.51 bits per heavy atom. The highest BCUT2D eigenvalue weighted by molar-refractivity contribution is 5.82. The standard InChI is InChI=1S/C25H31FN6O3/c1-15-7-17-10-27-32(21(17)8-19(15)16-3-5-30(6-4-16)18-13-35-14-18)24-9-23(28-25(29-24)34-2)31-11-20(26)22(33)12-31/h7-10,16,18,20,22,33H,3-6,11-14H2,1-2H3. The molecule has 1 aromatic carbocycles. The molecule has 5 heterocycles. The van der Waals surface area contributed by atoms with Gasteiger partial charge >= 0.3 is 6.01 Å². The minimum Gasteiger partial charge on any atom is -0.467 e. The molecule has 0 amide bonds. The molecular formula is C25H31FN6O3. The normalized spacial score (nSPS) is 24.3. The maximum absolute atomic E-state index is 14.0. The Morgan fingerprint density at radius 1 is 1.09 bits per heavy atom. The van der Waals surface area contributed by atoms with Crippen LogP contribution in [0.15, 0.2) is 24.4 Å². The molecule has 1 N–H and O–H groups in total. The van der Waals surface area contributed by atoms with Crippen molar-refractivity contribution in [1.29, 1.82) is 0 Å². The van der Waals surface area contributed by atoms with Gasteiger partial charge in [0.1, 0.15) is 18.1 Å². The van der Waals surface area contributed by atoms with Crippen LogP contribution in [0.25, 0.3) is 16.7 Å². The number of methoxy groups -OCH3 is 1. The molecule has 3 aliphatic rings. The second kappa shape index (κ2) is 9.00. The lowest BCUT2D eigenvalue weighted by Crippen LogP contribution is -2.51. The third-order valence-corrected chi connectivity index (χ3v) is 7.68. The fraction of sp³-hybridized carbons (Fsp3) is 0.560. The van der Waals surface area contributed by atoms with E-state index in [0.29, 0.717) is 23.6 Å². The summed E-state index contributed by atoms with van der Waals surface area (Å²) >= 11 is 0. The van der Waals surface area contributed by atoms with Crippen LogP contribution < -0.4 is 9.64 Å². The number of nitrogens with zero attached hydrogens (tertiary/aromatic N) is 6. The second-order valence-corrected chi connectivity index (χ2v) is 9.88. The fourth-order valence-electron chi connectivity index (χ4n) is 5.53. The van der Waals surface area contributed by atoms with E-state index in [-0.39, 0.29) is 19.1 Å². The first-order valence-corrected chi connectivity index (χ1v) is 12.3. The smallest absolute Gasteiger partial charge is 0.320 e. The average molecular weight is 483 g/mol. The minimum atomic E-state index is -1.31. The van der Waals surface area contributed by atoms with Crippen molar-refractivity contribution in [1.82, 2.24) is 24.6 Å². The SMILES string of the molecule is COc1nc(N2CC(O)C(F)C2)cc(-n2ncc3cc(C)c(C4CCN(C5COC5)CC4)cc32)n1. The highest BCUT2D eigenvalue weighted by Gasteiger charge is 2.33. The number of aliphatic hydroxyl groups excluding tert-OH is 1. The van der Waals surface area contributed by atoms with Gasteiger partial charge in [0, 0.05) is 18.0 Å². The number of hydrogen-bond donors (Lipinski definition) is 1. The first kappa shape index (κ1) is 22.6. The van der Waals surface area contributed by atoms with Crippen LogP contribution in [0.3, 0.4) is 0 Å². The van der Waals surface area contributed by atoms with E-state index in [0.717, 1.165) is 50.0 Å². The lowest BCUT2D eigenvalue weighted by molar-refractivity contribution is -0.0712. The maximum Gasteiger partial charge on any atom is 0.320 e. The number of anilines is 1. The fourth-order valence-corrected chi connectivity index (χ4v) is 5.53. The molecule has 3 saturated heterocycles. The van der Waals surface area contributed by atoms with E-state index in [1.54, 1.807) is 15.6 Å². The van der Waals surface area contributed by atoms with Crippen LogP contribution in [0.4, 0.5) is 10.2 Å². The van der Waals surface area contributed by atoms with Gasteiger partial charge in [0.05, 0.1) is 44.6 Å². The predicted molar refractivity (Wildman–Crippen MR) is 129 cm³/mol. The Hall–Kier alpha value is -2.82. The van der Waals surface area contributed by atoms with E-state index in [1.165, 1.54) is 18.2 Å². The van der Waals surface area contributed by atoms with Crippen LogP contribution in [-0.2, 0) is 4.74 Å². The molecular weight excluding hydrogens is 451 g/mol. The monoisotopic (exact) mass is 482 g/mol. The van der Waals surface area contributed by atoms with Crippen LogP contribution in [0.1, 0.15) is 29.9 Å². The molecule has 0 saturated carbocycles. The summed E-state index contributed by atoms with van der Waals surface area (Å²) in [7, 11) is 1.50. The number of likely N-dealkylation sites (tertiary alicyclic amines) is 1. The van der Waals surface area contributed by atoms with Crippen LogP contribution in [0.5, 0.6) is 6.01 Å². The lowest BCUT2D eigenvalue weighted by Gasteiger charge is -2.41. The number of aliphatic hydroxyl groups is 1. The number of aryl methyl sites for hydroxylation is 1. The molecule has 0 spiro atoms. The molecule has 6 rings (SSSR count). The molecule has 3 aromatic rings. The number of β-amino-alcohol motifs (C(OH)–C–C–N with tert-alkyl or cyclic N) is 1. The summed E-state index contributed by atoms with van der Waals surface area (Å²) < 4.78 is 26.5. The number of benzene rings is 1. The summed E-state index contributed by atoms with van der Waals surface area (Å²) in [5.74, 6) is 1.56. The van der Waals surface area contributed by atoms with Crippen molar-refractivity contribution in [3.63, 3.8) is 0 Å². The van der Waals surface area contributed by atoms with Crippen molar-refractivity contribution in [2.24, 2.45) is 0 Å². The summed E-state index contributed by atoms with van der Waals surface area (Å²) in [6, 6.07) is 6.99. The Morgan fingerprint density at radius 2 is 1.86 bits per heavy atom. The zero-order valence-corrected chi connectivity index (χ0v) is 20.1. The summed E-state index contributed by atoms with van der Waals surface area (Å²) in [5.41, 5.74) is 3.60. The first-order valence-electron chi connectivity index (χ1n) is 12.3. The quantitative estimate of drug-likeness (QED) is 0.592. The Balaban J connectivity index is 1.32. The van der Waals surface area contributed by atoms with Crippen LogP contribution >= 0.6 is 0 Å². The number of alkyl halides is 1. The van der Waals surface area contributed by atoms with Crippen molar-refractivity contribution >= 4 is 16.7 Å². The molecule has 9 nitrogen and oxygen atoms in total. The Labute approximate surface area is 203 Å². The molecule has 0 radical (unpaired) electrons. The Bertz CT molecular complexity index is 1210. The van der Waals surface area contributed by atoms with E-state index in [9.17, 15) is 9.50 Å². The van der Waals surface area contributed by atoms with E-state index in [1.807, 2.05) is 6.20 Å². The number of halogens is 1. The maximum atomic E-state index is 14.0.